The Kier molecular flexibility index (Phi) is 7.37. The van der Waals surface area contributed by atoms with Gasteiger partial charge in [-0.25, -0.2) is 4.98 Å². The number of thiazole rings is 1. The van der Waals surface area contributed by atoms with Gasteiger partial charge in [-0.2, -0.15) is 0 Å². The number of nitrogens with zero attached hydrogens (tertiary/aromatic N) is 2. The molecule has 23 heavy (non-hydrogen) atoms. The molecule has 0 bridgehead atoms. The first-order valence-corrected chi connectivity index (χ1v) is 9.22. The van der Waals surface area contributed by atoms with Crippen LogP contribution in [0.4, 0.5) is 5.13 Å². The second-order valence-electron chi connectivity index (χ2n) is 4.58. The minimum atomic E-state index is -0.0741. The van der Waals surface area contributed by atoms with Crippen LogP contribution in [0.5, 0.6) is 0 Å². The van der Waals surface area contributed by atoms with Gasteiger partial charge in [0.25, 0.3) is 0 Å². The van der Waals surface area contributed by atoms with Gasteiger partial charge in [0, 0.05) is 30.4 Å². The molecule has 0 amide bonds. The van der Waals surface area contributed by atoms with E-state index in [1.165, 1.54) is 17.4 Å². The highest BCUT2D eigenvalue weighted by Gasteiger charge is 2.13. The summed E-state index contributed by atoms with van der Waals surface area (Å²) in [6, 6.07) is 9.07. The van der Waals surface area contributed by atoms with Crippen LogP contribution in [0.3, 0.4) is 0 Å². The van der Waals surface area contributed by atoms with Gasteiger partial charge in [-0.3, -0.25) is 4.79 Å². The number of benzene rings is 1. The van der Waals surface area contributed by atoms with Crippen molar-refractivity contribution in [2.24, 2.45) is 0 Å². The Bertz CT molecular complexity index is 667. The van der Waals surface area contributed by atoms with Gasteiger partial charge in [-0.15, -0.1) is 23.2 Å². The number of allylic oxidation sites excluding steroid dienone is 1. The zero-order valence-electron chi connectivity index (χ0n) is 12.2. The average Bonchev–Trinajstić information content (AvgIpc) is 2.94. The van der Waals surface area contributed by atoms with Gasteiger partial charge in [0.2, 0.25) is 0 Å². The van der Waals surface area contributed by atoms with E-state index in [0.717, 1.165) is 10.0 Å². The van der Waals surface area contributed by atoms with E-state index in [9.17, 15) is 4.79 Å². The van der Waals surface area contributed by atoms with Crippen LogP contribution in [-0.4, -0.2) is 35.6 Å². The molecule has 0 aliphatic heterocycles. The molecule has 0 saturated carbocycles. The summed E-state index contributed by atoms with van der Waals surface area (Å²) in [6.45, 7) is 1.29. The summed E-state index contributed by atoms with van der Waals surface area (Å²) in [5.41, 5.74) is 0.635. The molecule has 1 aromatic heterocycles. The summed E-state index contributed by atoms with van der Waals surface area (Å²) in [5, 5.41) is 1.12. The second-order valence-corrected chi connectivity index (χ2v) is 6.70. The molecule has 0 fully saturated rings. The third-order valence-corrected chi connectivity index (χ3v) is 4.84. The average molecular weight is 390 g/mol. The maximum Gasteiger partial charge on any atom is 0.187 e. The summed E-state index contributed by atoms with van der Waals surface area (Å²) in [4.78, 5) is 19.1. The van der Waals surface area contributed by atoms with Gasteiger partial charge < -0.3 is 4.90 Å². The number of halogens is 3. The normalized spacial score (nSPS) is 11.1. The van der Waals surface area contributed by atoms with E-state index in [2.05, 4.69) is 4.98 Å². The third-order valence-electron chi connectivity index (χ3n) is 3.02. The summed E-state index contributed by atoms with van der Waals surface area (Å²) < 4.78 is 0. The quantitative estimate of drug-likeness (QED) is 0.363. The lowest BCUT2D eigenvalue weighted by molar-refractivity contribution is 0.104. The maximum atomic E-state index is 12.1. The Morgan fingerprint density at radius 3 is 2.43 bits per heavy atom. The molecule has 7 heteroatoms. The Balaban J connectivity index is 2.14. The number of carbonyl (C=O) groups is 1. The first-order valence-electron chi connectivity index (χ1n) is 6.96. The minimum Gasteiger partial charge on any atom is -0.346 e. The maximum absolute atomic E-state index is 12.1. The monoisotopic (exact) mass is 388 g/mol. The lowest BCUT2D eigenvalue weighted by Gasteiger charge is -2.18. The van der Waals surface area contributed by atoms with Crippen LogP contribution in [0.25, 0.3) is 6.08 Å². The molecule has 0 spiro atoms. The first-order chi connectivity index (χ1) is 11.2. The van der Waals surface area contributed by atoms with Gasteiger partial charge in [0.15, 0.2) is 10.9 Å². The SMILES string of the molecule is O=C(/C=C/c1sc(N(CCCl)CCCl)nc1Cl)c1ccccc1. The highest BCUT2D eigenvalue weighted by Crippen LogP contribution is 2.31. The summed E-state index contributed by atoms with van der Waals surface area (Å²) in [5.74, 6) is 0.882. The van der Waals surface area contributed by atoms with Gasteiger partial charge in [0.1, 0.15) is 5.15 Å². The Morgan fingerprint density at radius 1 is 1.17 bits per heavy atom. The fraction of sp³-hybridized carbons (Fsp3) is 0.250. The van der Waals surface area contributed by atoms with Gasteiger partial charge in [-0.1, -0.05) is 53.3 Å². The topological polar surface area (TPSA) is 33.2 Å². The van der Waals surface area contributed by atoms with Gasteiger partial charge in [-0.05, 0) is 12.2 Å². The number of hydrogen-bond donors (Lipinski definition) is 0. The number of rotatable bonds is 8. The van der Waals surface area contributed by atoms with E-state index >= 15 is 0 Å². The zero-order valence-corrected chi connectivity index (χ0v) is 15.3. The predicted molar refractivity (Wildman–Crippen MR) is 101 cm³/mol. The summed E-state index contributed by atoms with van der Waals surface area (Å²) >= 11 is 19.2. The van der Waals surface area contributed by atoms with E-state index in [1.807, 2.05) is 23.1 Å². The summed E-state index contributed by atoms with van der Waals surface area (Å²) in [7, 11) is 0. The van der Waals surface area contributed by atoms with Crippen LogP contribution in [0, 0.1) is 0 Å². The molecule has 0 radical (unpaired) electrons. The van der Waals surface area contributed by atoms with Gasteiger partial charge >= 0.3 is 0 Å². The smallest absolute Gasteiger partial charge is 0.187 e. The minimum absolute atomic E-state index is 0.0741. The highest BCUT2D eigenvalue weighted by atomic mass is 35.5. The fourth-order valence-electron chi connectivity index (χ4n) is 1.90. The third kappa shape index (κ3) is 5.21. The number of alkyl halides is 2. The van der Waals surface area contributed by atoms with Crippen molar-refractivity contribution >= 4 is 63.1 Å². The Hall–Kier alpha value is -1.07. The van der Waals surface area contributed by atoms with Crippen molar-refractivity contribution in [1.82, 2.24) is 4.98 Å². The molecule has 3 nitrogen and oxygen atoms in total. The van der Waals surface area contributed by atoms with E-state index in [-0.39, 0.29) is 5.78 Å². The van der Waals surface area contributed by atoms with Crippen LogP contribution in [0.15, 0.2) is 36.4 Å². The molecule has 0 unspecified atom stereocenters. The van der Waals surface area contributed by atoms with Crippen LogP contribution in [0.2, 0.25) is 5.15 Å². The number of hydrogen-bond acceptors (Lipinski definition) is 4. The first kappa shape index (κ1) is 18.3. The molecule has 122 valence electrons. The molecule has 1 heterocycles. The molecule has 0 aliphatic rings. The van der Waals surface area contributed by atoms with Crippen LogP contribution in [0.1, 0.15) is 15.2 Å². The van der Waals surface area contributed by atoms with Crippen LogP contribution >= 0.6 is 46.1 Å². The summed E-state index contributed by atoms with van der Waals surface area (Å²) in [6.07, 6.45) is 3.20. The van der Waals surface area contributed by atoms with Crippen molar-refractivity contribution in [3.8, 4) is 0 Å². The van der Waals surface area contributed by atoms with Gasteiger partial charge in [0.05, 0.1) is 4.88 Å². The van der Waals surface area contributed by atoms with Crippen LogP contribution in [-0.2, 0) is 0 Å². The molecule has 1 aromatic carbocycles. The highest BCUT2D eigenvalue weighted by molar-refractivity contribution is 7.17. The molecular weight excluding hydrogens is 375 g/mol. The van der Waals surface area contributed by atoms with Crippen molar-refractivity contribution < 1.29 is 4.79 Å². The number of carbonyl (C=O) groups excluding carboxylic acids is 1. The van der Waals surface area contributed by atoms with Crippen molar-refractivity contribution in [1.29, 1.82) is 0 Å². The Morgan fingerprint density at radius 2 is 1.83 bits per heavy atom. The number of anilines is 1. The van der Waals surface area contributed by atoms with E-state index < -0.39 is 0 Å². The predicted octanol–water partition coefficient (Wildman–Crippen LogP) is 4.98. The van der Waals surface area contributed by atoms with Crippen molar-refractivity contribution in [3.05, 3.63) is 52.0 Å². The lowest BCUT2D eigenvalue weighted by atomic mass is 10.1. The van der Waals surface area contributed by atoms with Crippen LogP contribution < -0.4 is 4.90 Å². The lowest BCUT2D eigenvalue weighted by Crippen LogP contribution is -2.27. The zero-order chi connectivity index (χ0) is 16.7. The number of aromatic nitrogens is 1. The van der Waals surface area contributed by atoms with Crippen molar-refractivity contribution in [2.75, 3.05) is 29.7 Å². The molecule has 0 N–H and O–H groups in total. The molecular formula is C16H15Cl3N2OS. The van der Waals surface area contributed by atoms with E-state index in [4.69, 9.17) is 34.8 Å². The largest absolute Gasteiger partial charge is 0.346 e. The van der Waals surface area contributed by atoms with Crippen molar-refractivity contribution in [2.45, 2.75) is 0 Å². The standard InChI is InChI=1S/C16H15Cl3N2OS/c17-8-10-21(11-9-18)16-20-15(19)14(23-16)7-6-13(22)12-4-2-1-3-5-12/h1-7H,8-11H2/b7-6+. The molecule has 0 aliphatic carbocycles. The van der Waals surface area contributed by atoms with E-state index in [1.54, 1.807) is 18.2 Å². The second kappa shape index (κ2) is 9.28. The molecule has 0 saturated heterocycles. The molecule has 2 rings (SSSR count). The fourth-order valence-corrected chi connectivity index (χ4v) is 3.53. The molecule has 0 atom stereocenters. The molecule has 2 aromatic rings. The number of ketones is 1. The Labute approximate surface area is 154 Å². The van der Waals surface area contributed by atoms with E-state index in [0.29, 0.717) is 35.6 Å². The van der Waals surface area contributed by atoms with Crippen molar-refractivity contribution in [3.63, 3.8) is 0 Å².